The highest BCUT2D eigenvalue weighted by atomic mass is 127. The molecular weight excluding hydrogens is 488 g/mol. The first-order valence-corrected chi connectivity index (χ1v) is 10.0. The summed E-state index contributed by atoms with van der Waals surface area (Å²) in [5.74, 6) is 0.923. The predicted octanol–water partition coefficient (Wildman–Crippen LogP) is 4.94. The summed E-state index contributed by atoms with van der Waals surface area (Å²) in [5, 5.41) is 0. The zero-order valence-corrected chi connectivity index (χ0v) is 16.2. The van der Waals surface area contributed by atoms with Gasteiger partial charge in [-0.05, 0) is 29.8 Å². The van der Waals surface area contributed by atoms with Crippen molar-refractivity contribution in [2.45, 2.75) is 6.61 Å². The zero-order chi connectivity index (χ0) is 14.9. The van der Waals surface area contributed by atoms with Gasteiger partial charge in [-0.15, -0.1) is 0 Å². The molecule has 0 atom stereocenters. The van der Waals surface area contributed by atoms with E-state index >= 15 is 0 Å². The summed E-state index contributed by atoms with van der Waals surface area (Å²) < 4.78 is 8.10. The van der Waals surface area contributed by atoms with E-state index in [1.54, 1.807) is 0 Å². The van der Waals surface area contributed by atoms with E-state index in [0.29, 0.717) is 6.61 Å². The summed E-state index contributed by atoms with van der Waals surface area (Å²) >= 11 is 4.85. The Morgan fingerprint density at radius 3 is 2.00 bits per heavy atom. The summed E-state index contributed by atoms with van der Waals surface area (Å²) in [6.45, 7) is 2.80. The lowest BCUT2D eigenvalue weighted by Gasteiger charge is -2.23. The number of alkyl halides is 2. The summed E-state index contributed by atoms with van der Waals surface area (Å²) in [6, 6.07) is 18.7. The van der Waals surface area contributed by atoms with E-state index < -0.39 is 0 Å². The Morgan fingerprint density at radius 2 is 1.43 bits per heavy atom. The van der Waals surface area contributed by atoms with Gasteiger partial charge in [-0.2, -0.15) is 0 Å². The molecule has 2 aromatic rings. The molecule has 112 valence electrons. The van der Waals surface area contributed by atoms with Crippen molar-refractivity contribution in [3.05, 3.63) is 60.2 Å². The Bertz CT molecular complexity index is 510. The predicted molar refractivity (Wildman–Crippen MR) is 107 cm³/mol. The van der Waals surface area contributed by atoms with Gasteiger partial charge >= 0.3 is 0 Å². The number of rotatable bonds is 8. The van der Waals surface area contributed by atoms with Gasteiger partial charge in [0.2, 0.25) is 0 Å². The molecule has 0 aliphatic carbocycles. The molecule has 0 aliphatic rings. The van der Waals surface area contributed by atoms with Crippen LogP contribution in [0.3, 0.4) is 0 Å². The van der Waals surface area contributed by atoms with Crippen LogP contribution in [-0.2, 0) is 6.61 Å². The molecule has 0 fully saturated rings. The molecule has 0 aromatic heterocycles. The molecule has 0 spiro atoms. The van der Waals surface area contributed by atoms with Gasteiger partial charge < -0.3 is 9.64 Å². The van der Waals surface area contributed by atoms with Crippen molar-refractivity contribution in [1.29, 1.82) is 0 Å². The first kappa shape index (κ1) is 16.9. The van der Waals surface area contributed by atoms with Crippen molar-refractivity contribution in [2.75, 3.05) is 26.8 Å². The van der Waals surface area contributed by atoms with Crippen molar-refractivity contribution in [1.82, 2.24) is 0 Å². The standard InChI is InChI=1S/C17H19I2NO/c18-10-12-20(13-11-19)16-6-8-17(9-7-16)21-14-15-4-2-1-3-5-15/h1-9H,10-14H2. The molecule has 0 aliphatic heterocycles. The molecule has 0 radical (unpaired) electrons. The van der Waals surface area contributed by atoms with Gasteiger partial charge in [0.25, 0.3) is 0 Å². The van der Waals surface area contributed by atoms with Crippen LogP contribution >= 0.6 is 45.2 Å². The average Bonchev–Trinajstić information content (AvgIpc) is 2.54. The lowest BCUT2D eigenvalue weighted by atomic mass is 10.2. The minimum absolute atomic E-state index is 0.616. The maximum atomic E-state index is 5.83. The van der Waals surface area contributed by atoms with E-state index in [1.165, 1.54) is 11.3 Å². The van der Waals surface area contributed by atoms with Gasteiger partial charge in [-0.1, -0.05) is 75.5 Å². The first-order chi connectivity index (χ1) is 10.3. The van der Waals surface area contributed by atoms with E-state index in [2.05, 4.69) is 86.5 Å². The van der Waals surface area contributed by atoms with Gasteiger partial charge in [0, 0.05) is 27.6 Å². The smallest absolute Gasteiger partial charge is 0.119 e. The van der Waals surface area contributed by atoms with Crippen LogP contribution in [0, 0.1) is 0 Å². The number of anilines is 1. The van der Waals surface area contributed by atoms with Crippen LogP contribution in [0.2, 0.25) is 0 Å². The molecule has 0 amide bonds. The highest BCUT2D eigenvalue weighted by Gasteiger charge is 2.05. The van der Waals surface area contributed by atoms with Crippen molar-refractivity contribution in [3.63, 3.8) is 0 Å². The van der Waals surface area contributed by atoms with E-state index in [1.807, 2.05) is 18.2 Å². The molecule has 0 bridgehead atoms. The van der Waals surface area contributed by atoms with Crippen LogP contribution < -0.4 is 9.64 Å². The third kappa shape index (κ3) is 5.65. The third-order valence-electron chi connectivity index (χ3n) is 3.16. The highest BCUT2D eigenvalue weighted by Crippen LogP contribution is 2.20. The van der Waals surface area contributed by atoms with Crippen molar-refractivity contribution >= 4 is 50.9 Å². The van der Waals surface area contributed by atoms with Gasteiger partial charge in [-0.3, -0.25) is 0 Å². The molecule has 0 heterocycles. The van der Waals surface area contributed by atoms with Gasteiger partial charge in [0.15, 0.2) is 0 Å². The number of hydrogen-bond donors (Lipinski definition) is 0. The fourth-order valence-corrected chi connectivity index (χ4v) is 3.23. The second-order valence-corrected chi connectivity index (χ2v) is 6.79. The molecule has 2 aromatic carbocycles. The minimum atomic E-state index is 0.616. The number of nitrogens with zero attached hydrogens (tertiary/aromatic N) is 1. The van der Waals surface area contributed by atoms with Crippen LogP contribution in [0.15, 0.2) is 54.6 Å². The molecule has 0 N–H and O–H groups in total. The Kier molecular flexibility index (Phi) is 7.63. The third-order valence-corrected chi connectivity index (χ3v) is 4.12. The molecule has 0 saturated carbocycles. The number of ether oxygens (including phenoxy) is 1. The maximum Gasteiger partial charge on any atom is 0.119 e. The second kappa shape index (κ2) is 9.50. The largest absolute Gasteiger partial charge is 0.489 e. The lowest BCUT2D eigenvalue weighted by molar-refractivity contribution is 0.306. The summed E-state index contributed by atoms with van der Waals surface area (Å²) in [6.07, 6.45) is 0. The Hall–Kier alpha value is -0.500. The van der Waals surface area contributed by atoms with Gasteiger partial charge in [-0.25, -0.2) is 0 Å². The fourth-order valence-electron chi connectivity index (χ4n) is 2.07. The Morgan fingerprint density at radius 1 is 0.810 bits per heavy atom. The summed E-state index contributed by atoms with van der Waals surface area (Å²) in [7, 11) is 0. The molecule has 2 rings (SSSR count). The van der Waals surface area contributed by atoms with E-state index in [-0.39, 0.29) is 0 Å². The highest BCUT2D eigenvalue weighted by molar-refractivity contribution is 14.1. The topological polar surface area (TPSA) is 12.5 Å². The van der Waals surface area contributed by atoms with Crippen LogP contribution in [-0.4, -0.2) is 21.9 Å². The fraction of sp³-hybridized carbons (Fsp3) is 0.294. The quantitative estimate of drug-likeness (QED) is 0.371. The zero-order valence-electron chi connectivity index (χ0n) is 11.8. The van der Waals surface area contributed by atoms with Gasteiger partial charge in [0.05, 0.1) is 0 Å². The molecule has 0 saturated heterocycles. The normalized spacial score (nSPS) is 10.4. The van der Waals surface area contributed by atoms with E-state index in [4.69, 9.17) is 4.74 Å². The van der Waals surface area contributed by atoms with Crippen LogP contribution in [0.5, 0.6) is 5.75 Å². The Labute approximate surface area is 154 Å². The Balaban J connectivity index is 1.94. The lowest BCUT2D eigenvalue weighted by Crippen LogP contribution is -2.27. The molecule has 2 nitrogen and oxygen atoms in total. The monoisotopic (exact) mass is 507 g/mol. The van der Waals surface area contributed by atoms with Crippen molar-refractivity contribution in [2.24, 2.45) is 0 Å². The second-order valence-electron chi connectivity index (χ2n) is 4.63. The van der Waals surface area contributed by atoms with Crippen LogP contribution in [0.25, 0.3) is 0 Å². The first-order valence-electron chi connectivity index (χ1n) is 6.97. The van der Waals surface area contributed by atoms with Gasteiger partial charge in [0.1, 0.15) is 12.4 Å². The number of hydrogen-bond acceptors (Lipinski definition) is 2. The van der Waals surface area contributed by atoms with Crippen molar-refractivity contribution in [3.8, 4) is 5.75 Å². The maximum absolute atomic E-state index is 5.83. The van der Waals surface area contributed by atoms with Crippen molar-refractivity contribution < 1.29 is 4.74 Å². The number of halogens is 2. The number of benzene rings is 2. The summed E-state index contributed by atoms with van der Waals surface area (Å²) in [4.78, 5) is 2.42. The average molecular weight is 507 g/mol. The molecular formula is C17H19I2NO. The SMILES string of the molecule is ICCN(CCI)c1ccc(OCc2ccccc2)cc1. The molecule has 0 unspecified atom stereocenters. The molecule has 4 heteroatoms. The van der Waals surface area contributed by atoms with Crippen LogP contribution in [0.1, 0.15) is 5.56 Å². The van der Waals surface area contributed by atoms with E-state index in [0.717, 1.165) is 27.7 Å². The molecule has 21 heavy (non-hydrogen) atoms. The van der Waals surface area contributed by atoms with Crippen LogP contribution in [0.4, 0.5) is 5.69 Å². The summed E-state index contributed by atoms with van der Waals surface area (Å²) in [5.41, 5.74) is 2.47. The van der Waals surface area contributed by atoms with E-state index in [9.17, 15) is 0 Å². The minimum Gasteiger partial charge on any atom is -0.489 e.